The molecule has 5 heteroatoms. The van der Waals surface area contributed by atoms with Gasteiger partial charge >= 0.3 is 0 Å². The average molecular weight is 315 g/mol. The first-order valence-corrected chi connectivity index (χ1v) is 7.95. The highest BCUT2D eigenvalue weighted by molar-refractivity contribution is 7.09. The number of aryl methyl sites for hydroxylation is 1. The summed E-state index contributed by atoms with van der Waals surface area (Å²) in [5, 5.41) is 2.94. The maximum atomic E-state index is 12.1. The standard InChI is InChI=1S/C17H21N3OS/c1-13-18-15(12-22-13)7-10-17(21)20(4)11-14-5-8-16(9-6-14)19(2)3/h5-10,12H,11H2,1-4H3/b10-7+. The number of rotatable bonds is 5. The van der Waals surface area contributed by atoms with Gasteiger partial charge in [-0.2, -0.15) is 0 Å². The minimum atomic E-state index is -0.0256. The summed E-state index contributed by atoms with van der Waals surface area (Å²) in [7, 11) is 5.82. The summed E-state index contributed by atoms with van der Waals surface area (Å²) in [5.74, 6) is -0.0256. The third kappa shape index (κ3) is 4.43. The summed E-state index contributed by atoms with van der Waals surface area (Å²) in [4.78, 5) is 20.2. The quantitative estimate of drug-likeness (QED) is 0.795. The largest absolute Gasteiger partial charge is 0.378 e. The number of anilines is 1. The van der Waals surface area contributed by atoms with Gasteiger partial charge in [0, 0.05) is 44.8 Å². The van der Waals surface area contributed by atoms with E-state index in [0.717, 1.165) is 22.0 Å². The molecule has 1 aromatic heterocycles. The van der Waals surface area contributed by atoms with Gasteiger partial charge in [0.15, 0.2) is 0 Å². The Kier molecular flexibility index (Phi) is 5.33. The van der Waals surface area contributed by atoms with E-state index in [-0.39, 0.29) is 5.91 Å². The molecular formula is C17H21N3OS. The van der Waals surface area contributed by atoms with E-state index in [2.05, 4.69) is 22.0 Å². The molecule has 0 saturated carbocycles. The first-order valence-electron chi connectivity index (χ1n) is 7.07. The van der Waals surface area contributed by atoms with Crippen molar-refractivity contribution in [2.45, 2.75) is 13.5 Å². The lowest BCUT2D eigenvalue weighted by molar-refractivity contribution is -0.125. The Morgan fingerprint density at radius 3 is 2.45 bits per heavy atom. The summed E-state index contributed by atoms with van der Waals surface area (Å²) in [6.07, 6.45) is 3.33. The Hall–Kier alpha value is -2.14. The number of amides is 1. The van der Waals surface area contributed by atoms with Crippen LogP contribution in [-0.2, 0) is 11.3 Å². The summed E-state index contributed by atoms with van der Waals surface area (Å²) in [6, 6.07) is 8.21. The van der Waals surface area contributed by atoms with Crippen molar-refractivity contribution in [1.29, 1.82) is 0 Å². The molecule has 1 heterocycles. The summed E-state index contributed by atoms with van der Waals surface area (Å²) in [5.41, 5.74) is 3.09. The monoisotopic (exact) mass is 315 g/mol. The van der Waals surface area contributed by atoms with E-state index < -0.39 is 0 Å². The van der Waals surface area contributed by atoms with Gasteiger partial charge in [-0.3, -0.25) is 4.79 Å². The fourth-order valence-corrected chi connectivity index (χ4v) is 2.57. The molecule has 22 heavy (non-hydrogen) atoms. The van der Waals surface area contributed by atoms with Crippen LogP contribution in [0.1, 0.15) is 16.3 Å². The number of aromatic nitrogens is 1. The highest BCUT2D eigenvalue weighted by Gasteiger charge is 2.06. The highest BCUT2D eigenvalue weighted by Crippen LogP contribution is 2.14. The molecule has 1 amide bonds. The normalized spacial score (nSPS) is 10.9. The Labute approximate surface area is 135 Å². The molecule has 0 fully saturated rings. The lowest BCUT2D eigenvalue weighted by Gasteiger charge is -2.17. The minimum absolute atomic E-state index is 0.0256. The number of carbonyl (C=O) groups excluding carboxylic acids is 1. The molecule has 0 bridgehead atoms. The van der Waals surface area contributed by atoms with Crippen LogP contribution in [0.15, 0.2) is 35.7 Å². The molecule has 0 atom stereocenters. The van der Waals surface area contributed by atoms with Crippen molar-refractivity contribution in [1.82, 2.24) is 9.88 Å². The van der Waals surface area contributed by atoms with Gasteiger partial charge in [-0.25, -0.2) is 4.98 Å². The average Bonchev–Trinajstić information content (AvgIpc) is 2.91. The Morgan fingerprint density at radius 2 is 1.91 bits per heavy atom. The van der Waals surface area contributed by atoms with Crippen LogP contribution in [-0.4, -0.2) is 36.9 Å². The molecule has 0 N–H and O–H groups in total. The third-order valence-electron chi connectivity index (χ3n) is 3.28. The van der Waals surface area contributed by atoms with Crippen LogP contribution < -0.4 is 4.90 Å². The molecule has 0 spiro atoms. The second-order valence-electron chi connectivity index (χ2n) is 5.38. The lowest BCUT2D eigenvalue weighted by atomic mass is 10.2. The molecule has 0 aliphatic rings. The Morgan fingerprint density at radius 1 is 1.23 bits per heavy atom. The van der Waals surface area contributed by atoms with Crippen molar-refractivity contribution >= 4 is 29.0 Å². The van der Waals surface area contributed by atoms with Gasteiger partial charge in [0.1, 0.15) is 0 Å². The van der Waals surface area contributed by atoms with Crippen LogP contribution in [0.3, 0.4) is 0 Å². The molecule has 0 aliphatic heterocycles. The molecule has 0 aliphatic carbocycles. The van der Waals surface area contributed by atoms with E-state index in [1.807, 2.05) is 38.5 Å². The van der Waals surface area contributed by atoms with E-state index in [0.29, 0.717) is 6.54 Å². The molecule has 0 unspecified atom stereocenters. The van der Waals surface area contributed by atoms with Crippen LogP contribution in [0.5, 0.6) is 0 Å². The molecule has 0 saturated heterocycles. The number of thiazole rings is 1. The van der Waals surface area contributed by atoms with E-state index in [9.17, 15) is 4.79 Å². The second kappa shape index (κ2) is 7.22. The van der Waals surface area contributed by atoms with Crippen molar-refractivity contribution in [2.75, 3.05) is 26.0 Å². The molecular weight excluding hydrogens is 294 g/mol. The van der Waals surface area contributed by atoms with E-state index >= 15 is 0 Å². The maximum Gasteiger partial charge on any atom is 0.246 e. The van der Waals surface area contributed by atoms with Gasteiger partial charge in [0.05, 0.1) is 10.7 Å². The van der Waals surface area contributed by atoms with Gasteiger partial charge in [-0.1, -0.05) is 12.1 Å². The zero-order chi connectivity index (χ0) is 16.1. The molecule has 1 aromatic carbocycles. The maximum absolute atomic E-state index is 12.1. The SMILES string of the molecule is Cc1nc(/C=C/C(=O)N(C)Cc2ccc(N(C)C)cc2)cs1. The van der Waals surface area contributed by atoms with E-state index in [4.69, 9.17) is 0 Å². The summed E-state index contributed by atoms with van der Waals surface area (Å²) in [6.45, 7) is 2.54. The van der Waals surface area contributed by atoms with Gasteiger partial charge in [0.25, 0.3) is 0 Å². The third-order valence-corrected chi connectivity index (χ3v) is 4.07. The summed E-state index contributed by atoms with van der Waals surface area (Å²) >= 11 is 1.58. The zero-order valence-electron chi connectivity index (χ0n) is 13.4. The van der Waals surface area contributed by atoms with Crippen LogP contribution in [0, 0.1) is 6.92 Å². The second-order valence-corrected chi connectivity index (χ2v) is 6.44. The van der Waals surface area contributed by atoms with Crippen molar-refractivity contribution in [3.8, 4) is 0 Å². The van der Waals surface area contributed by atoms with Gasteiger partial charge < -0.3 is 9.80 Å². The van der Waals surface area contributed by atoms with Gasteiger partial charge in [-0.05, 0) is 30.7 Å². The molecule has 2 aromatic rings. The van der Waals surface area contributed by atoms with Crippen molar-refractivity contribution in [3.05, 3.63) is 52.0 Å². The number of nitrogens with zero attached hydrogens (tertiary/aromatic N) is 3. The van der Waals surface area contributed by atoms with E-state index in [1.165, 1.54) is 0 Å². The first-order chi connectivity index (χ1) is 10.5. The van der Waals surface area contributed by atoms with Crippen molar-refractivity contribution in [3.63, 3.8) is 0 Å². The summed E-state index contributed by atoms with van der Waals surface area (Å²) < 4.78 is 0. The molecule has 116 valence electrons. The fraction of sp³-hybridized carbons (Fsp3) is 0.294. The van der Waals surface area contributed by atoms with Crippen LogP contribution in [0.25, 0.3) is 6.08 Å². The highest BCUT2D eigenvalue weighted by atomic mass is 32.1. The topological polar surface area (TPSA) is 36.4 Å². The first kappa shape index (κ1) is 16.2. The van der Waals surface area contributed by atoms with Gasteiger partial charge in [-0.15, -0.1) is 11.3 Å². The van der Waals surface area contributed by atoms with Crippen LogP contribution in [0.4, 0.5) is 5.69 Å². The fourth-order valence-electron chi connectivity index (χ4n) is 1.99. The van der Waals surface area contributed by atoms with Crippen LogP contribution in [0.2, 0.25) is 0 Å². The molecule has 2 rings (SSSR count). The molecule has 0 radical (unpaired) electrons. The predicted octanol–water partition coefficient (Wildman–Crippen LogP) is 3.19. The minimum Gasteiger partial charge on any atom is -0.378 e. The van der Waals surface area contributed by atoms with Crippen LogP contribution >= 0.6 is 11.3 Å². The smallest absolute Gasteiger partial charge is 0.246 e. The van der Waals surface area contributed by atoms with Gasteiger partial charge in [0.2, 0.25) is 5.91 Å². The number of hydrogen-bond acceptors (Lipinski definition) is 4. The number of benzene rings is 1. The number of carbonyl (C=O) groups is 1. The molecule has 4 nitrogen and oxygen atoms in total. The van der Waals surface area contributed by atoms with Crippen molar-refractivity contribution in [2.24, 2.45) is 0 Å². The van der Waals surface area contributed by atoms with E-state index in [1.54, 1.807) is 35.4 Å². The number of likely N-dealkylation sites (N-methyl/N-ethyl adjacent to an activating group) is 1. The Bertz CT molecular complexity index is 659. The lowest BCUT2D eigenvalue weighted by Crippen LogP contribution is -2.24. The predicted molar refractivity (Wildman–Crippen MR) is 93.1 cm³/mol. The number of hydrogen-bond donors (Lipinski definition) is 0. The van der Waals surface area contributed by atoms with Crippen molar-refractivity contribution < 1.29 is 4.79 Å². The zero-order valence-corrected chi connectivity index (χ0v) is 14.2. The Balaban J connectivity index is 1.94.